The number of anilines is 2. The maximum absolute atomic E-state index is 6.09. The topological polar surface area (TPSA) is 24.1 Å². The summed E-state index contributed by atoms with van der Waals surface area (Å²) in [4.78, 5) is 0. The van der Waals surface area contributed by atoms with Gasteiger partial charge in [-0.15, -0.1) is 0 Å². The molecule has 0 aliphatic rings. The van der Waals surface area contributed by atoms with Crippen molar-refractivity contribution in [1.82, 2.24) is 0 Å². The lowest BCUT2D eigenvalue weighted by Crippen LogP contribution is -2.19. The number of halogens is 2. The third-order valence-corrected chi connectivity index (χ3v) is 3.63. The molecule has 0 spiro atoms. The van der Waals surface area contributed by atoms with E-state index in [1.54, 1.807) is 18.2 Å². The molecule has 0 aliphatic heterocycles. The van der Waals surface area contributed by atoms with Gasteiger partial charge in [0.15, 0.2) is 5.11 Å². The van der Waals surface area contributed by atoms with Gasteiger partial charge in [0.2, 0.25) is 0 Å². The number of thiocarbonyl (C=S) groups is 1. The van der Waals surface area contributed by atoms with Gasteiger partial charge in [-0.05, 0) is 48.5 Å². The van der Waals surface area contributed by atoms with Gasteiger partial charge in [0, 0.05) is 5.69 Å². The standard InChI is InChI=1S/C15H14Cl2N2S/c1-2-10-5-3-6-11(9-10)18-15(20)19-14-12(16)7-4-8-13(14)17/h3-9H,2H2,1H3,(H2,18,19,20). The molecule has 0 heterocycles. The Kier molecular flexibility index (Phi) is 5.24. The Morgan fingerprint density at radius 2 is 1.70 bits per heavy atom. The van der Waals surface area contributed by atoms with Crippen LogP contribution in [0.1, 0.15) is 12.5 Å². The molecular formula is C15H14Cl2N2S. The Labute approximate surface area is 134 Å². The summed E-state index contributed by atoms with van der Waals surface area (Å²) in [5.74, 6) is 0. The molecule has 2 aromatic carbocycles. The van der Waals surface area contributed by atoms with Crippen LogP contribution in [0.4, 0.5) is 11.4 Å². The maximum atomic E-state index is 6.09. The molecule has 2 rings (SSSR count). The minimum Gasteiger partial charge on any atom is -0.332 e. The maximum Gasteiger partial charge on any atom is 0.175 e. The molecule has 0 aromatic heterocycles. The Balaban J connectivity index is 2.09. The molecule has 0 amide bonds. The Morgan fingerprint density at radius 1 is 1.05 bits per heavy atom. The second-order valence-electron chi connectivity index (χ2n) is 4.23. The third kappa shape index (κ3) is 3.85. The van der Waals surface area contributed by atoms with E-state index in [0.717, 1.165) is 12.1 Å². The molecule has 0 bridgehead atoms. The molecule has 0 radical (unpaired) electrons. The van der Waals surface area contributed by atoms with Crippen molar-refractivity contribution in [3.05, 3.63) is 58.1 Å². The number of benzene rings is 2. The number of nitrogens with one attached hydrogen (secondary N) is 2. The Morgan fingerprint density at radius 3 is 2.35 bits per heavy atom. The summed E-state index contributed by atoms with van der Waals surface area (Å²) in [6.07, 6.45) is 0.978. The highest BCUT2D eigenvalue weighted by molar-refractivity contribution is 7.80. The highest BCUT2D eigenvalue weighted by atomic mass is 35.5. The van der Waals surface area contributed by atoms with Gasteiger partial charge in [0.05, 0.1) is 15.7 Å². The monoisotopic (exact) mass is 324 g/mol. The predicted octanol–water partition coefficient (Wildman–Crippen LogP) is 5.36. The molecule has 0 saturated heterocycles. The summed E-state index contributed by atoms with van der Waals surface area (Å²) in [5, 5.41) is 7.66. The van der Waals surface area contributed by atoms with Crippen LogP contribution in [0.15, 0.2) is 42.5 Å². The van der Waals surface area contributed by atoms with Crippen LogP contribution in [-0.2, 0) is 6.42 Å². The lowest BCUT2D eigenvalue weighted by molar-refractivity contribution is 1.14. The number of hydrogen-bond donors (Lipinski definition) is 2. The summed E-state index contributed by atoms with van der Waals surface area (Å²) in [6, 6.07) is 13.4. The van der Waals surface area contributed by atoms with Gasteiger partial charge in [0.1, 0.15) is 0 Å². The van der Waals surface area contributed by atoms with Crippen LogP contribution in [0.25, 0.3) is 0 Å². The van der Waals surface area contributed by atoms with Crippen molar-refractivity contribution in [2.24, 2.45) is 0 Å². The van der Waals surface area contributed by atoms with E-state index in [9.17, 15) is 0 Å². The van der Waals surface area contributed by atoms with Gasteiger partial charge in [-0.25, -0.2) is 0 Å². The molecule has 5 heteroatoms. The average Bonchev–Trinajstić information content (AvgIpc) is 2.43. The molecule has 2 N–H and O–H groups in total. The van der Waals surface area contributed by atoms with Crippen molar-refractivity contribution in [3.63, 3.8) is 0 Å². The van der Waals surface area contributed by atoms with E-state index in [4.69, 9.17) is 35.4 Å². The molecule has 20 heavy (non-hydrogen) atoms. The van der Waals surface area contributed by atoms with Gasteiger partial charge in [0.25, 0.3) is 0 Å². The van der Waals surface area contributed by atoms with Crippen LogP contribution in [0.5, 0.6) is 0 Å². The lowest BCUT2D eigenvalue weighted by atomic mass is 10.1. The van der Waals surface area contributed by atoms with Crippen LogP contribution in [0.3, 0.4) is 0 Å². The first-order chi connectivity index (χ1) is 9.60. The first-order valence-electron chi connectivity index (χ1n) is 6.21. The molecule has 0 aliphatic carbocycles. The number of aryl methyl sites for hydroxylation is 1. The van der Waals surface area contributed by atoms with Crippen molar-refractivity contribution < 1.29 is 0 Å². The van der Waals surface area contributed by atoms with E-state index in [1.807, 2.05) is 12.1 Å². The zero-order valence-corrected chi connectivity index (χ0v) is 13.2. The minimum absolute atomic E-state index is 0.452. The van der Waals surface area contributed by atoms with Crippen molar-refractivity contribution in [2.75, 3.05) is 10.6 Å². The first-order valence-corrected chi connectivity index (χ1v) is 7.37. The van der Waals surface area contributed by atoms with E-state index >= 15 is 0 Å². The van der Waals surface area contributed by atoms with Gasteiger partial charge in [-0.1, -0.05) is 48.3 Å². The first kappa shape index (κ1) is 15.1. The van der Waals surface area contributed by atoms with Crippen LogP contribution in [0.2, 0.25) is 10.0 Å². The van der Waals surface area contributed by atoms with E-state index in [0.29, 0.717) is 20.8 Å². The fraction of sp³-hybridized carbons (Fsp3) is 0.133. The molecule has 2 nitrogen and oxygen atoms in total. The molecule has 104 valence electrons. The van der Waals surface area contributed by atoms with E-state index in [1.165, 1.54) is 5.56 Å². The molecule has 0 fully saturated rings. The van der Waals surface area contributed by atoms with E-state index in [-0.39, 0.29) is 0 Å². The third-order valence-electron chi connectivity index (χ3n) is 2.79. The predicted molar refractivity (Wildman–Crippen MR) is 92.1 cm³/mol. The number of para-hydroxylation sites is 1. The van der Waals surface area contributed by atoms with Crippen LogP contribution in [-0.4, -0.2) is 5.11 Å². The average molecular weight is 325 g/mol. The lowest BCUT2D eigenvalue weighted by Gasteiger charge is -2.13. The van der Waals surface area contributed by atoms with Crippen molar-refractivity contribution in [2.45, 2.75) is 13.3 Å². The minimum atomic E-state index is 0.452. The van der Waals surface area contributed by atoms with Gasteiger partial charge in [-0.3, -0.25) is 0 Å². The fourth-order valence-corrected chi connectivity index (χ4v) is 2.47. The largest absolute Gasteiger partial charge is 0.332 e. The van der Waals surface area contributed by atoms with Crippen molar-refractivity contribution in [3.8, 4) is 0 Å². The summed E-state index contributed by atoms with van der Waals surface area (Å²) < 4.78 is 0. The molecule has 0 atom stereocenters. The number of rotatable bonds is 3. The van der Waals surface area contributed by atoms with Crippen LogP contribution < -0.4 is 10.6 Å². The SMILES string of the molecule is CCc1cccc(NC(=S)Nc2c(Cl)cccc2Cl)c1. The second-order valence-corrected chi connectivity index (χ2v) is 5.45. The number of hydrogen-bond acceptors (Lipinski definition) is 1. The van der Waals surface area contributed by atoms with Crippen LogP contribution >= 0.6 is 35.4 Å². The summed E-state index contributed by atoms with van der Waals surface area (Å²) in [6.45, 7) is 2.11. The molecule has 0 unspecified atom stereocenters. The van der Waals surface area contributed by atoms with Crippen LogP contribution in [0, 0.1) is 0 Å². The quantitative estimate of drug-likeness (QED) is 0.742. The van der Waals surface area contributed by atoms with E-state index < -0.39 is 0 Å². The van der Waals surface area contributed by atoms with Crippen molar-refractivity contribution in [1.29, 1.82) is 0 Å². The van der Waals surface area contributed by atoms with Gasteiger partial charge < -0.3 is 10.6 Å². The normalized spacial score (nSPS) is 10.2. The summed E-state index contributed by atoms with van der Waals surface area (Å²) in [5.41, 5.74) is 2.79. The molecule has 2 aromatic rings. The van der Waals surface area contributed by atoms with E-state index in [2.05, 4.69) is 29.7 Å². The Hall–Kier alpha value is -1.29. The van der Waals surface area contributed by atoms with Crippen molar-refractivity contribution >= 4 is 51.9 Å². The molecular weight excluding hydrogens is 311 g/mol. The fourth-order valence-electron chi connectivity index (χ4n) is 1.76. The zero-order valence-electron chi connectivity index (χ0n) is 10.9. The smallest absolute Gasteiger partial charge is 0.175 e. The van der Waals surface area contributed by atoms with Gasteiger partial charge >= 0.3 is 0 Å². The summed E-state index contributed by atoms with van der Waals surface area (Å²) in [7, 11) is 0. The second kappa shape index (κ2) is 6.93. The zero-order chi connectivity index (χ0) is 14.5. The highest BCUT2D eigenvalue weighted by Crippen LogP contribution is 2.29. The Bertz CT molecular complexity index is 609. The summed E-state index contributed by atoms with van der Waals surface area (Å²) >= 11 is 17.5. The molecule has 0 saturated carbocycles. The van der Waals surface area contributed by atoms with Gasteiger partial charge in [-0.2, -0.15) is 0 Å². The highest BCUT2D eigenvalue weighted by Gasteiger charge is 2.07.